The molecule has 3 atom stereocenters. The summed E-state index contributed by atoms with van der Waals surface area (Å²) >= 11 is 0. The first-order valence-electron chi connectivity index (χ1n) is 3.61. The Hall–Kier alpha value is -0.990. The maximum absolute atomic E-state index is 4.00. The molecule has 0 radical (unpaired) electrons. The van der Waals surface area contributed by atoms with Crippen LogP contribution >= 0.6 is 0 Å². The van der Waals surface area contributed by atoms with E-state index in [0.717, 1.165) is 5.92 Å². The van der Waals surface area contributed by atoms with E-state index in [1.165, 1.54) is 12.1 Å². The molecule has 1 saturated carbocycles. The molecular formula is C7H7N3. The topological polar surface area (TPSA) is 37.1 Å². The van der Waals surface area contributed by atoms with Crippen LogP contribution in [0.3, 0.4) is 0 Å². The molecule has 0 aromatic rings. The minimum Gasteiger partial charge on any atom is -0.155 e. The van der Waals surface area contributed by atoms with Gasteiger partial charge in [-0.05, 0) is 17.6 Å². The second-order valence-corrected chi connectivity index (χ2v) is 3.07. The first-order valence-corrected chi connectivity index (χ1v) is 3.61. The summed E-state index contributed by atoms with van der Waals surface area (Å²) in [5.74, 6) is 1.48. The van der Waals surface area contributed by atoms with Crippen molar-refractivity contribution in [1.82, 2.24) is 0 Å². The van der Waals surface area contributed by atoms with Crippen LogP contribution in [0.25, 0.3) is 0 Å². The number of allylic oxidation sites excluding steroid dienone is 1. The maximum Gasteiger partial charge on any atom is 0.131 e. The molecule has 3 nitrogen and oxygen atoms in total. The van der Waals surface area contributed by atoms with E-state index in [4.69, 9.17) is 0 Å². The maximum atomic E-state index is 4.00. The molecule has 1 aliphatic heterocycles. The van der Waals surface area contributed by atoms with Crippen LogP contribution in [0.15, 0.2) is 27.6 Å². The van der Waals surface area contributed by atoms with Crippen molar-refractivity contribution in [3.8, 4) is 0 Å². The number of hydrogen-bond donors (Lipinski definition) is 0. The third kappa shape index (κ3) is 0.439. The minimum absolute atomic E-state index is 0.212. The molecule has 0 spiro atoms. The molecule has 2 aliphatic carbocycles. The van der Waals surface area contributed by atoms with E-state index >= 15 is 0 Å². The van der Waals surface area contributed by atoms with E-state index in [1.807, 2.05) is 0 Å². The fraction of sp³-hybridized carbons (Fsp3) is 0.571. The fourth-order valence-corrected chi connectivity index (χ4v) is 1.70. The largest absolute Gasteiger partial charge is 0.155 e. The van der Waals surface area contributed by atoms with Crippen LogP contribution in [0.4, 0.5) is 0 Å². The molecule has 0 N–H and O–H groups in total. The van der Waals surface area contributed by atoms with Gasteiger partial charge in [0.15, 0.2) is 0 Å². The van der Waals surface area contributed by atoms with Gasteiger partial charge in [-0.2, -0.15) is 5.11 Å². The summed E-state index contributed by atoms with van der Waals surface area (Å²) in [7, 11) is 0. The third-order valence-electron chi connectivity index (χ3n) is 2.40. The van der Waals surface area contributed by atoms with Gasteiger partial charge in [-0.1, -0.05) is 12.2 Å². The zero-order valence-corrected chi connectivity index (χ0v) is 5.44. The molecule has 0 aromatic carbocycles. The Kier molecular flexibility index (Phi) is 0.649. The molecule has 3 unspecified atom stereocenters. The van der Waals surface area contributed by atoms with E-state index in [9.17, 15) is 0 Å². The lowest BCUT2D eigenvalue weighted by atomic mass is 10.0. The average Bonchev–Trinajstić information content (AvgIpc) is 2.60. The van der Waals surface area contributed by atoms with Gasteiger partial charge >= 0.3 is 0 Å². The van der Waals surface area contributed by atoms with Crippen LogP contribution in [0.5, 0.6) is 0 Å². The Labute approximate surface area is 58.5 Å². The molecule has 0 amide bonds. The van der Waals surface area contributed by atoms with Crippen molar-refractivity contribution in [3.63, 3.8) is 0 Å². The lowest BCUT2D eigenvalue weighted by molar-refractivity contribution is 0.907. The second-order valence-electron chi connectivity index (χ2n) is 3.07. The van der Waals surface area contributed by atoms with Crippen molar-refractivity contribution < 1.29 is 0 Å². The Morgan fingerprint density at radius 1 is 1.40 bits per heavy atom. The van der Waals surface area contributed by atoms with Crippen molar-refractivity contribution in [1.29, 1.82) is 0 Å². The smallest absolute Gasteiger partial charge is 0.131 e. The second kappa shape index (κ2) is 1.36. The van der Waals surface area contributed by atoms with Crippen LogP contribution in [-0.2, 0) is 0 Å². The van der Waals surface area contributed by atoms with Gasteiger partial charge in [0.25, 0.3) is 0 Å². The molecule has 3 aliphatic rings. The highest BCUT2D eigenvalue weighted by Gasteiger charge is 2.45. The van der Waals surface area contributed by atoms with Crippen molar-refractivity contribution in [2.24, 2.45) is 27.3 Å². The van der Waals surface area contributed by atoms with Crippen molar-refractivity contribution in [2.75, 3.05) is 0 Å². The van der Waals surface area contributed by atoms with Gasteiger partial charge in [-0.15, -0.1) is 5.10 Å². The molecule has 1 fully saturated rings. The van der Waals surface area contributed by atoms with Gasteiger partial charge in [0.2, 0.25) is 0 Å². The standard InChI is InChI=1S/C7H7N3/c1-2-6-7(9-10-8-6)5-3-4(1)5/h1-2,4-6H,3H2. The fourth-order valence-electron chi connectivity index (χ4n) is 1.70. The quantitative estimate of drug-likeness (QED) is 0.448. The molecular weight excluding hydrogens is 126 g/mol. The van der Waals surface area contributed by atoms with E-state index < -0.39 is 0 Å². The first kappa shape index (κ1) is 4.77. The van der Waals surface area contributed by atoms with Crippen LogP contribution in [-0.4, -0.2) is 11.8 Å². The van der Waals surface area contributed by atoms with Crippen molar-refractivity contribution in [2.45, 2.75) is 12.5 Å². The monoisotopic (exact) mass is 133 g/mol. The summed E-state index contributed by atoms with van der Waals surface area (Å²) in [6.45, 7) is 0. The number of rotatable bonds is 0. The molecule has 0 bridgehead atoms. The normalized spacial score (nSPS) is 46.4. The van der Waals surface area contributed by atoms with Gasteiger partial charge < -0.3 is 0 Å². The summed E-state index contributed by atoms with van der Waals surface area (Å²) in [4.78, 5) is 0. The third-order valence-corrected chi connectivity index (χ3v) is 2.40. The zero-order chi connectivity index (χ0) is 6.55. The van der Waals surface area contributed by atoms with Crippen LogP contribution in [0.2, 0.25) is 0 Å². The Bertz CT molecular complexity index is 264. The predicted octanol–water partition coefficient (Wildman–Crippen LogP) is 1.38. The number of hydrogen-bond acceptors (Lipinski definition) is 3. The Morgan fingerprint density at radius 2 is 2.40 bits per heavy atom. The lowest BCUT2D eigenvalue weighted by Crippen LogP contribution is -2.18. The SMILES string of the molecule is C1=CC2CC2C2=NN=NC12. The molecule has 50 valence electrons. The van der Waals surface area contributed by atoms with Gasteiger partial charge in [0.1, 0.15) is 6.04 Å². The Morgan fingerprint density at radius 3 is 3.40 bits per heavy atom. The van der Waals surface area contributed by atoms with Gasteiger partial charge in [-0.25, -0.2) is 0 Å². The summed E-state index contributed by atoms with van der Waals surface area (Å²) in [5, 5.41) is 11.6. The van der Waals surface area contributed by atoms with Gasteiger partial charge in [0.05, 0.1) is 5.71 Å². The molecule has 1 heterocycles. The molecule has 3 rings (SSSR count). The predicted molar refractivity (Wildman–Crippen MR) is 36.8 cm³/mol. The summed E-state index contributed by atoms with van der Waals surface area (Å²) in [6.07, 6.45) is 5.64. The van der Waals surface area contributed by atoms with Crippen molar-refractivity contribution >= 4 is 5.71 Å². The van der Waals surface area contributed by atoms with Crippen LogP contribution in [0.1, 0.15) is 6.42 Å². The highest BCUT2D eigenvalue weighted by Crippen LogP contribution is 2.46. The van der Waals surface area contributed by atoms with E-state index in [2.05, 4.69) is 27.6 Å². The average molecular weight is 133 g/mol. The Balaban J connectivity index is 2.09. The molecule has 0 saturated heterocycles. The first-order chi connectivity index (χ1) is 4.95. The van der Waals surface area contributed by atoms with Gasteiger partial charge in [0, 0.05) is 5.92 Å². The minimum atomic E-state index is 0.212. The van der Waals surface area contributed by atoms with E-state index in [1.54, 1.807) is 0 Å². The van der Waals surface area contributed by atoms with E-state index in [0.29, 0.717) is 5.92 Å². The molecule has 10 heavy (non-hydrogen) atoms. The van der Waals surface area contributed by atoms with Gasteiger partial charge in [-0.3, -0.25) is 0 Å². The highest BCUT2D eigenvalue weighted by atomic mass is 15.4. The zero-order valence-electron chi connectivity index (χ0n) is 5.44. The van der Waals surface area contributed by atoms with Crippen molar-refractivity contribution in [3.05, 3.63) is 12.2 Å². The summed E-state index contributed by atoms with van der Waals surface area (Å²) in [6, 6.07) is 0.212. The number of fused-ring (bicyclic) bond motifs is 3. The molecule has 0 aromatic heterocycles. The van der Waals surface area contributed by atoms with E-state index in [-0.39, 0.29) is 6.04 Å². The summed E-state index contributed by atoms with van der Waals surface area (Å²) < 4.78 is 0. The summed E-state index contributed by atoms with van der Waals surface area (Å²) in [5.41, 5.74) is 1.20. The highest BCUT2D eigenvalue weighted by molar-refractivity contribution is 5.97. The van der Waals surface area contributed by atoms with Crippen LogP contribution < -0.4 is 0 Å². The molecule has 3 heteroatoms. The van der Waals surface area contributed by atoms with Crippen LogP contribution in [0, 0.1) is 11.8 Å². The number of nitrogens with zero attached hydrogens (tertiary/aromatic N) is 3. The lowest BCUT2D eigenvalue weighted by Gasteiger charge is -2.06.